The van der Waals surface area contributed by atoms with Crippen LogP contribution in [0.2, 0.25) is 0 Å². The van der Waals surface area contributed by atoms with Crippen LogP contribution in [0.25, 0.3) is 0 Å². The normalized spacial score (nSPS) is 14.1. The van der Waals surface area contributed by atoms with Gasteiger partial charge in [-0.25, -0.2) is 0 Å². The first kappa shape index (κ1) is 15.4. The molecule has 0 saturated carbocycles. The Hall–Kier alpha value is -3.09. The lowest BCUT2D eigenvalue weighted by atomic mass is 10.2. The van der Waals surface area contributed by atoms with Crippen molar-refractivity contribution < 1.29 is 28.5 Å². The van der Waals surface area contributed by atoms with Crippen molar-refractivity contribution in [2.75, 3.05) is 33.2 Å². The smallest absolute Gasteiger partial charge is 0.251 e. The topological polar surface area (TPSA) is 75.3 Å². The maximum atomic E-state index is 12.2. The number of carbonyl (C=O) groups excluding carboxylic acids is 1. The monoisotopic (exact) mass is 343 g/mol. The Bertz CT molecular complexity index is 791. The number of carbonyl (C=O) groups is 1. The lowest BCUT2D eigenvalue weighted by molar-refractivity contribution is 0.0945. The summed E-state index contributed by atoms with van der Waals surface area (Å²) in [7, 11) is 0. The predicted octanol–water partition coefficient (Wildman–Crippen LogP) is 2.00. The SMILES string of the molecule is O=C(NCCOc1ccc2c(c1)OCO2)c1ccc2c(c1)OCCO2. The van der Waals surface area contributed by atoms with Gasteiger partial charge in [0.05, 0.1) is 6.54 Å². The van der Waals surface area contributed by atoms with E-state index in [0.29, 0.717) is 60.7 Å². The quantitative estimate of drug-likeness (QED) is 0.837. The molecule has 2 aromatic carbocycles. The minimum Gasteiger partial charge on any atom is -0.492 e. The zero-order valence-corrected chi connectivity index (χ0v) is 13.4. The van der Waals surface area contributed by atoms with Crippen LogP contribution < -0.4 is 29.0 Å². The Balaban J connectivity index is 1.28. The second-order valence-corrected chi connectivity index (χ2v) is 5.48. The minimum atomic E-state index is -0.189. The molecule has 0 fully saturated rings. The average Bonchev–Trinajstić information content (AvgIpc) is 3.12. The van der Waals surface area contributed by atoms with Crippen LogP contribution in [0.3, 0.4) is 0 Å². The third kappa shape index (κ3) is 3.40. The first-order valence-electron chi connectivity index (χ1n) is 8.00. The van der Waals surface area contributed by atoms with Crippen molar-refractivity contribution in [3.63, 3.8) is 0 Å². The number of fused-ring (bicyclic) bond motifs is 2. The number of benzene rings is 2. The van der Waals surface area contributed by atoms with Gasteiger partial charge in [0, 0.05) is 11.6 Å². The van der Waals surface area contributed by atoms with Crippen molar-refractivity contribution >= 4 is 5.91 Å². The lowest BCUT2D eigenvalue weighted by Gasteiger charge is -2.18. The van der Waals surface area contributed by atoms with Crippen molar-refractivity contribution in [3.05, 3.63) is 42.0 Å². The molecule has 0 saturated heterocycles. The number of nitrogens with one attached hydrogen (secondary N) is 1. The maximum Gasteiger partial charge on any atom is 0.251 e. The molecule has 2 aliphatic heterocycles. The number of rotatable bonds is 5. The second kappa shape index (κ2) is 6.80. The van der Waals surface area contributed by atoms with Gasteiger partial charge >= 0.3 is 0 Å². The summed E-state index contributed by atoms with van der Waals surface area (Å²) < 4.78 is 27.1. The minimum absolute atomic E-state index is 0.189. The van der Waals surface area contributed by atoms with Crippen LogP contribution in [-0.2, 0) is 0 Å². The van der Waals surface area contributed by atoms with E-state index in [0.717, 1.165) is 0 Å². The van der Waals surface area contributed by atoms with E-state index in [1.807, 2.05) is 0 Å². The Morgan fingerprint density at radius 3 is 2.56 bits per heavy atom. The highest BCUT2D eigenvalue weighted by molar-refractivity contribution is 5.94. The highest BCUT2D eigenvalue weighted by atomic mass is 16.7. The number of ether oxygens (including phenoxy) is 5. The van der Waals surface area contributed by atoms with Crippen LogP contribution in [0.4, 0.5) is 0 Å². The van der Waals surface area contributed by atoms with Crippen molar-refractivity contribution in [2.24, 2.45) is 0 Å². The molecule has 4 rings (SSSR count). The maximum absolute atomic E-state index is 12.2. The van der Waals surface area contributed by atoms with Crippen LogP contribution in [-0.4, -0.2) is 39.1 Å². The van der Waals surface area contributed by atoms with Crippen molar-refractivity contribution in [2.45, 2.75) is 0 Å². The molecule has 1 amide bonds. The molecule has 0 aliphatic carbocycles. The molecule has 0 atom stereocenters. The highest BCUT2D eigenvalue weighted by Crippen LogP contribution is 2.35. The fourth-order valence-corrected chi connectivity index (χ4v) is 2.59. The molecule has 7 nitrogen and oxygen atoms in total. The molecule has 130 valence electrons. The van der Waals surface area contributed by atoms with Crippen LogP contribution in [0.5, 0.6) is 28.7 Å². The van der Waals surface area contributed by atoms with Gasteiger partial charge < -0.3 is 29.0 Å². The first-order chi connectivity index (χ1) is 12.3. The third-order valence-electron chi connectivity index (χ3n) is 3.80. The summed E-state index contributed by atoms with van der Waals surface area (Å²) in [6.07, 6.45) is 0. The van der Waals surface area contributed by atoms with E-state index < -0.39 is 0 Å². The number of hydrogen-bond donors (Lipinski definition) is 1. The third-order valence-corrected chi connectivity index (χ3v) is 3.80. The molecular formula is C18H17NO6. The molecule has 0 aromatic heterocycles. The van der Waals surface area contributed by atoms with Crippen molar-refractivity contribution in [1.29, 1.82) is 0 Å². The van der Waals surface area contributed by atoms with E-state index in [1.54, 1.807) is 36.4 Å². The standard InChI is InChI=1S/C18H17NO6/c20-18(12-1-3-14-16(9-12)23-8-7-22-14)19-5-6-21-13-2-4-15-17(10-13)25-11-24-15/h1-4,9-10H,5-8,11H2,(H,19,20). The van der Waals surface area contributed by atoms with Gasteiger partial charge in [-0.15, -0.1) is 0 Å². The van der Waals surface area contributed by atoms with Gasteiger partial charge in [0.15, 0.2) is 23.0 Å². The molecule has 0 spiro atoms. The van der Waals surface area contributed by atoms with Gasteiger partial charge in [-0.1, -0.05) is 0 Å². The Labute approximate surface area is 144 Å². The molecule has 2 aromatic rings. The summed E-state index contributed by atoms with van der Waals surface area (Å²) >= 11 is 0. The Kier molecular flexibility index (Phi) is 4.20. The van der Waals surface area contributed by atoms with Gasteiger partial charge in [-0.2, -0.15) is 0 Å². The molecule has 1 N–H and O–H groups in total. The second-order valence-electron chi connectivity index (χ2n) is 5.48. The molecular weight excluding hydrogens is 326 g/mol. The van der Waals surface area contributed by atoms with E-state index in [4.69, 9.17) is 23.7 Å². The molecule has 7 heteroatoms. The zero-order valence-electron chi connectivity index (χ0n) is 13.4. The Morgan fingerprint density at radius 1 is 0.920 bits per heavy atom. The average molecular weight is 343 g/mol. The molecule has 2 heterocycles. The van der Waals surface area contributed by atoms with Crippen molar-refractivity contribution in [3.8, 4) is 28.7 Å². The fourth-order valence-electron chi connectivity index (χ4n) is 2.59. The van der Waals surface area contributed by atoms with Crippen LogP contribution in [0, 0.1) is 0 Å². The summed E-state index contributed by atoms with van der Waals surface area (Å²) in [5.74, 6) is 3.10. The highest BCUT2D eigenvalue weighted by Gasteiger charge is 2.15. The Morgan fingerprint density at radius 2 is 1.64 bits per heavy atom. The van der Waals surface area contributed by atoms with Gasteiger partial charge in [0.2, 0.25) is 6.79 Å². The summed E-state index contributed by atoms with van der Waals surface area (Å²) in [5, 5.41) is 2.81. The summed E-state index contributed by atoms with van der Waals surface area (Å²) in [6, 6.07) is 10.5. The van der Waals surface area contributed by atoms with E-state index in [9.17, 15) is 4.79 Å². The largest absolute Gasteiger partial charge is 0.492 e. The molecule has 2 aliphatic rings. The number of amides is 1. The van der Waals surface area contributed by atoms with Crippen molar-refractivity contribution in [1.82, 2.24) is 5.32 Å². The van der Waals surface area contributed by atoms with Crippen LogP contribution >= 0.6 is 0 Å². The van der Waals surface area contributed by atoms with Crippen LogP contribution in [0.15, 0.2) is 36.4 Å². The van der Waals surface area contributed by atoms with Gasteiger partial charge in [0.1, 0.15) is 25.6 Å². The van der Waals surface area contributed by atoms with Crippen LogP contribution in [0.1, 0.15) is 10.4 Å². The predicted molar refractivity (Wildman–Crippen MR) is 87.8 cm³/mol. The van der Waals surface area contributed by atoms with Gasteiger partial charge in [-0.3, -0.25) is 4.79 Å². The lowest BCUT2D eigenvalue weighted by Crippen LogP contribution is -2.28. The summed E-state index contributed by atoms with van der Waals surface area (Å²) in [5.41, 5.74) is 0.521. The zero-order chi connectivity index (χ0) is 17.1. The summed E-state index contributed by atoms with van der Waals surface area (Å²) in [4.78, 5) is 12.2. The van der Waals surface area contributed by atoms with Gasteiger partial charge in [-0.05, 0) is 30.3 Å². The first-order valence-corrected chi connectivity index (χ1v) is 8.00. The summed E-state index contributed by atoms with van der Waals surface area (Å²) in [6.45, 7) is 1.96. The van der Waals surface area contributed by atoms with E-state index in [-0.39, 0.29) is 12.7 Å². The van der Waals surface area contributed by atoms with E-state index in [1.165, 1.54) is 0 Å². The molecule has 0 bridgehead atoms. The molecule has 25 heavy (non-hydrogen) atoms. The van der Waals surface area contributed by atoms with E-state index in [2.05, 4.69) is 5.32 Å². The molecule has 0 radical (unpaired) electrons. The van der Waals surface area contributed by atoms with E-state index >= 15 is 0 Å². The fraction of sp³-hybridized carbons (Fsp3) is 0.278. The number of hydrogen-bond acceptors (Lipinski definition) is 6. The molecule has 0 unspecified atom stereocenters. The van der Waals surface area contributed by atoms with Gasteiger partial charge in [0.25, 0.3) is 5.91 Å².